The van der Waals surface area contributed by atoms with Gasteiger partial charge < -0.3 is 10.5 Å². The second-order valence-corrected chi connectivity index (χ2v) is 4.44. The Balaban J connectivity index is 2.40. The summed E-state index contributed by atoms with van der Waals surface area (Å²) in [5.74, 6) is 0.263. The minimum atomic E-state index is -0.383. The number of halogens is 2. The molecule has 0 heterocycles. The number of nitrogens with one attached hydrogen (secondary N) is 1. The van der Waals surface area contributed by atoms with Gasteiger partial charge in [-0.05, 0) is 40.2 Å². The van der Waals surface area contributed by atoms with Gasteiger partial charge in [0.2, 0.25) is 0 Å². The van der Waals surface area contributed by atoms with Crippen molar-refractivity contribution in [1.82, 2.24) is 0 Å². The summed E-state index contributed by atoms with van der Waals surface area (Å²) in [6.45, 7) is 0. The van der Waals surface area contributed by atoms with Gasteiger partial charge in [-0.2, -0.15) is 0 Å². The predicted octanol–water partition coefficient (Wildman–Crippen LogP) is 3.66. The van der Waals surface area contributed by atoms with E-state index in [2.05, 4.69) is 15.9 Å². The van der Waals surface area contributed by atoms with Gasteiger partial charge in [0.25, 0.3) is 0 Å². The van der Waals surface area contributed by atoms with E-state index in [0.717, 1.165) is 0 Å². The molecule has 0 radical (unpaired) electrons. The number of hydrogen-bond acceptors (Lipinski definition) is 2. The second kappa shape index (κ2) is 5.18. The number of nitrogen functional groups attached to an aromatic ring is 1. The third-order valence-corrected chi connectivity index (χ3v) is 2.93. The minimum Gasteiger partial charge on any atom is -0.456 e. The number of ether oxygens (including phenoxy) is 1. The standard InChI is InChI=1S/C13H10BrFN2O/c14-10-5-2-6-11(12(10)13(16)17)18-9-4-1-3-8(15)7-9/h1-7H,(H3,16,17). The van der Waals surface area contributed by atoms with Crippen LogP contribution in [-0.2, 0) is 0 Å². The molecule has 0 aliphatic carbocycles. The van der Waals surface area contributed by atoms with Crippen LogP contribution in [0, 0.1) is 11.2 Å². The Morgan fingerprint density at radius 2 is 1.94 bits per heavy atom. The molecule has 2 rings (SSSR count). The van der Waals surface area contributed by atoms with Crippen LogP contribution >= 0.6 is 15.9 Å². The van der Waals surface area contributed by atoms with Gasteiger partial charge in [0.1, 0.15) is 23.2 Å². The van der Waals surface area contributed by atoms with E-state index in [4.69, 9.17) is 15.9 Å². The summed E-state index contributed by atoms with van der Waals surface area (Å²) in [5, 5.41) is 7.52. The molecule has 3 N–H and O–H groups in total. The van der Waals surface area contributed by atoms with Crippen LogP contribution in [0.1, 0.15) is 5.56 Å². The zero-order valence-corrected chi connectivity index (χ0v) is 10.9. The van der Waals surface area contributed by atoms with Gasteiger partial charge >= 0.3 is 0 Å². The first-order valence-electron chi connectivity index (χ1n) is 5.14. The Kier molecular flexibility index (Phi) is 3.62. The topological polar surface area (TPSA) is 59.1 Å². The zero-order chi connectivity index (χ0) is 13.1. The SMILES string of the molecule is N=C(N)c1c(Br)cccc1Oc1cccc(F)c1. The van der Waals surface area contributed by atoms with Gasteiger partial charge in [0, 0.05) is 10.5 Å². The van der Waals surface area contributed by atoms with Crippen LogP contribution in [0.4, 0.5) is 4.39 Å². The fraction of sp³-hybridized carbons (Fsp3) is 0. The van der Waals surface area contributed by atoms with Crippen LogP contribution in [0.15, 0.2) is 46.9 Å². The van der Waals surface area contributed by atoms with Gasteiger partial charge in [0.05, 0.1) is 5.56 Å². The highest BCUT2D eigenvalue weighted by Crippen LogP contribution is 2.30. The average molecular weight is 309 g/mol. The highest BCUT2D eigenvalue weighted by atomic mass is 79.9. The smallest absolute Gasteiger partial charge is 0.139 e. The molecular weight excluding hydrogens is 299 g/mol. The zero-order valence-electron chi connectivity index (χ0n) is 9.28. The molecule has 0 aliphatic rings. The molecule has 2 aromatic carbocycles. The molecule has 0 unspecified atom stereocenters. The summed E-state index contributed by atoms with van der Waals surface area (Å²) in [6.07, 6.45) is 0. The molecule has 5 heteroatoms. The molecule has 0 bridgehead atoms. The number of rotatable bonds is 3. The lowest BCUT2D eigenvalue weighted by Gasteiger charge is -2.11. The molecule has 0 atom stereocenters. The summed E-state index contributed by atoms with van der Waals surface area (Å²) in [4.78, 5) is 0. The van der Waals surface area contributed by atoms with E-state index in [1.807, 2.05) is 0 Å². The van der Waals surface area contributed by atoms with Crippen LogP contribution in [0.25, 0.3) is 0 Å². The molecule has 0 saturated carbocycles. The Morgan fingerprint density at radius 3 is 2.61 bits per heavy atom. The first-order valence-corrected chi connectivity index (χ1v) is 5.93. The molecule has 0 amide bonds. The molecule has 2 aromatic rings. The summed E-state index contributed by atoms with van der Waals surface area (Å²) in [6, 6.07) is 11.0. The van der Waals surface area contributed by atoms with E-state index >= 15 is 0 Å². The van der Waals surface area contributed by atoms with E-state index in [-0.39, 0.29) is 11.7 Å². The first-order chi connectivity index (χ1) is 8.58. The maximum absolute atomic E-state index is 13.1. The van der Waals surface area contributed by atoms with E-state index in [1.165, 1.54) is 12.1 Å². The number of benzene rings is 2. The summed E-state index contributed by atoms with van der Waals surface area (Å²) < 4.78 is 19.3. The van der Waals surface area contributed by atoms with Crippen LogP contribution in [0.2, 0.25) is 0 Å². The highest BCUT2D eigenvalue weighted by Gasteiger charge is 2.11. The van der Waals surface area contributed by atoms with Crippen molar-refractivity contribution in [3.8, 4) is 11.5 Å². The van der Waals surface area contributed by atoms with Crippen LogP contribution in [0.5, 0.6) is 11.5 Å². The van der Waals surface area contributed by atoms with Crippen molar-refractivity contribution in [3.05, 3.63) is 58.3 Å². The Morgan fingerprint density at radius 1 is 1.22 bits per heavy atom. The van der Waals surface area contributed by atoms with Crippen molar-refractivity contribution in [3.63, 3.8) is 0 Å². The predicted molar refractivity (Wildman–Crippen MR) is 71.6 cm³/mol. The molecule has 0 aromatic heterocycles. The van der Waals surface area contributed by atoms with Crippen molar-refractivity contribution in [2.75, 3.05) is 0 Å². The normalized spacial score (nSPS) is 10.1. The van der Waals surface area contributed by atoms with Crippen LogP contribution < -0.4 is 10.5 Å². The molecule has 0 fully saturated rings. The molecule has 0 spiro atoms. The Labute approximate surface area is 112 Å². The lowest BCUT2D eigenvalue weighted by atomic mass is 10.2. The monoisotopic (exact) mass is 308 g/mol. The van der Waals surface area contributed by atoms with Gasteiger partial charge in [-0.25, -0.2) is 4.39 Å². The Bertz CT molecular complexity index is 601. The largest absolute Gasteiger partial charge is 0.456 e. The molecule has 92 valence electrons. The fourth-order valence-electron chi connectivity index (χ4n) is 1.51. The van der Waals surface area contributed by atoms with Crippen LogP contribution in [-0.4, -0.2) is 5.84 Å². The van der Waals surface area contributed by atoms with Gasteiger partial charge in [0.15, 0.2) is 0 Å². The lowest BCUT2D eigenvalue weighted by molar-refractivity contribution is 0.475. The molecule has 0 aliphatic heterocycles. The average Bonchev–Trinajstić information content (AvgIpc) is 2.28. The van der Waals surface area contributed by atoms with E-state index in [9.17, 15) is 4.39 Å². The molecule has 3 nitrogen and oxygen atoms in total. The van der Waals surface area contributed by atoms with E-state index in [1.54, 1.807) is 30.3 Å². The molecule has 0 saturated heterocycles. The summed E-state index contributed by atoms with van der Waals surface area (Å²) in [5.41, 5.74) is 5.94. The van der Waals surface area contributed by atoms with Crippen molar-refractivity contribution >= 4 is 21.8 Å². The van der Waals surface area contributed by atoms with Gasteiger partial charge in [-0.1, -0.05) is 12.1 Å². The third-order valence-electron chi connectivity index (χ3n) is 2.27. The highest BCUT2D eigenvalue weighted by molar-refractivity contribution is 9.10. The van der Waals surface area contributed by atoms with Crippen molar-refractivity contribution < 1.29 is 9.13 Å². The van der Waals surface area contributed by atoms with Crippen molar-refractivity contribution in [2.24, 2.45) is 5.73 Å². The molecule has 18 heavy (non-hydrogen) atoms. The van der Waals surface area contributed by atoms with E-state index in [0.29, 0.717) is 21.5 Å². The Hall–Kier alpha value is -1.88. The van der Waals surface area contributed by atoms with Crippen LogP contribution in [0.3, 0.4) is 0 Å². The third kappa shape index (κ3) is 2.68. The fourth-order valence-corrected chi connectivity index (χ4v) is 2.07. The lowest BCUT2D eigenvalue weighted by Crippen LogP contribution is -2.13. The van der Waals surface area contributed by atoms with Gasteiger partial charge in [-0.3, -0.25) is 5.41 Å². The number of amidine groups is 1. The first kappa shape index (κ1) is 12.6. The quantitative estimate of drug-likeness (QED) is 0.671. The van der Waals surface area contributed by atoms with Crippen molar-refractivity contribution in [2.45, 2.75) is 0 Å². The van der Waals surface area contributed by atoms with Crippen molar-refractivity contribution in [1.29, 1.82) is 5.41 Å². The summed E-state index contributed by atoms with van der Waals surface area (Å²) in [7, 11) is 0. The summed E-state index contributed by atoms with van der Waals surface area (Å²) >= 11 is 3.30. The maximum Gasteiger partial charge on any atom is 0.139 e. The second-order valence-electron chi connectivity index (χ2n) is 3.59. The number of nitrogens with two attached hydrogens (primary N) is 1. The maximum atomic E-state index is 13.1. The van der Waals surface area contributed by atoms with Gasteiger partial charge in [-0.15, -0.1) is 0 Å². The van der Waals surface area contributed by atoms with E-state index < -0.39 is 0 Å². The molecular formula is C13H10BrFN2O. The minimum absolute atomic E-state index is 0.117. The number of hydrogen-bond donors (Lipinski definition) is 2.